The number of urea groups is 1. The number of likely N-dealkylation sites (N-methyl/N-ethyl adjacent to an activating group) is 1. The van der Waals surface area contributed by atoms with Crippen LogP contribution in [0.3, 0.4) is 0 Å². The minimum Gasteiger partial charge on any atom is -0.478 e. The molecule has 0 heterocycles. The molecule has 1 rings (SSSR count). The molecule has 0 radical (unpaired) electrons. The number of amides is 2. The lowest BCUT2D eigenvalue weighted by atomic mass is 10.2. The first-order valence-corrected chi connectivity index (χ1v) is 6.86. The smallest absolute Gasteiger partial charge is 0.335 e. The summed E-state index contributed by atoms with van der Waals surface area (Å²) in [5.74, 6) is -1.01. The van der Waals surface area contributed by atoms with Crippen molar-refractivity contribution in [3.05, 3.63) is 28.2 Å². The van der Waals surface area contributed by atoms with E-state index in [0.717, 1.165) is 0 Å². The van der Waals surface area contributed by atoms with E-state index >= 15 is 0 Å². The van der Waals surface area contributed by atoms with Gasteiger partial charge in [0.1, 0.15) is 0 Å². The molecule has 0 aromatic heterocycles. The molecule has 0 bridgehead atoms. The van der Waals surface area contributed by atoms with E-state index in [-0.39, 0.29) is 11.6 Å². The van der Waals surface area contributed by atoms with Crippen LogP contribution in [0.2, 0.25) is 0 Å². The molecule has 1 aromatic carbocycles. The number of aromatic carboxylic acids is 1. The summed E-state index contributed by atoms with van der Waals surface area (Å²) in [6.07, 6.45) is 0. The SMILES string of the molecule is CCN(CCOC)C(=O)Nc1ccc(C(=O)O)cc1Br. The fourth-order valence-corrected chi connectivity index (χ4v) is 2.03. The maximum atomic E-state index is 12.0. The van der Waals surface area contributed by atoms with Gasteiger partial charge in [-0.2, -0.15) is 0 Å². The Balaban J connectivity index is 2.76. The number of benzene rings is 1. The standard InChI is InChI=1S/C13H17BrN2O4/c1-3-16(6-7-20-2)13(19)15-11-5-4-9(12(17)18)8-10(11)14/h4-5,8H,3,6-7H2,1-2H3,(H,15,19)(H,17,18). The van der Waals surface area contributed by atoms with E-state index in [1.807, 2.05) is 6.92 Å². The molecular formula is C13H17BrN2O4. The maximum Gasteiger partial charge on any atom is 0.335 e. The van der Waals surface area contributed by atoms with Gasteiger partial charge in [0.05, 0.1) is 17.9 Å². The molecule has 6 nitrogen and oxygen atoms in total. The Hall–Kier alpha value is -1.60. The minimum atomic E-state index is -1.01. The Bertz CT molecular complexity index is 493. The highest BCUT2D eigenvalue weighted by Crippen LogP contribution is 2.24. The summed E-state index contributed by atoms with van der Waals surface area (Å²) in [5.41, 5.74) is 0.678. The molecular weight excluding hydrogens is 328 g/mol. The van der Waals surface area contributed by atoms with Crippen LogP contribution in [0.5, 0.6) is 0 Å². The Kier molecular flexibility index (Phi) is 6.47. The topological polar surface area (TPSA) is 78.9 Å². The maximum absolute atomic E-state index is 12.0. The van der Waals surface area contributed by atoms with Crippen LogP contribution in [0, 0.1) is 0 Å². The van der Waals surface area contributed by atoms with E-state index in [2.05, 4.69) is 21.2 Å². The van der Waals surface area contributed by atoms with Crippen LogP contribution in [0.1, 0.15) is 17.3 Å². The predicted molar refractivity (Wildman–Crippen MR) is 79.2 cm³/mol. The summed E-state index contributed by atoms with van der Waals surface area (Å²) in [5, 5.41) is 11.6. The number of methoxy groups -OCH3 is 1. The van der Waals surface area contributed by atoms with Gasteiger partial charge in [0.2, 0.25) is 0 Å². The van der Waals surface area contributed by atoms with Crippen molar-refractivity contribution in [1.29, 1.82) is 0 Å². The number of carbonyl (C=O) groups is 2. The quantitative estimate of drug-likeness (QED) is 0.831. The number of carboxylic acid groups (broad SMARTS) is 1. The van der Waals surface area contributed by atoms with E-state index in [1.165, 1.54) is 12.1 Å². The number of ether oxygens (including phenoxy) is 1. The minimum absolute atomic E-state index is 0.154. The largest absolute Gasteiger partial charge is 0.478 e. The summed E-state index contributed by atoms with van der Waals surface area (Å²) < 4.78 is 5.47. The van der Waals surface area contributed by atoms with Gasteiger partial charge in [-0.25, -0.2) is 9.59 Å². The monoisotopic (exact) mass is 344 g/mol. The molecule has 0 saturated carbocycles. The second kappa shape index (κ2) is 7.86. The van der Waals surface area contributed by atoms with Crippen molar-refractivity contribution in [2.75, 3.05) is 32.1 Å². The Labute approximate surface area is 125 Å². The number of nitrogens with zero attached hydrogens (tertiary/aromatic N) is 1. The average Bonchev–Trinajstić information content (AvgIpc) is 2.41. The third-order valence-electron chi connectivity index (χ3n) is 2.69. The molecule has 2 amide bonds. The number of carbonyl (C=O) groups excluding carboxylic acids is 1. The Morgan fingerprint density at radius 1 is 1.45 bits per heavy atom. The van der Waals surface area contributed by atoms with Crippen molar-refractivity contribution in [2.24, 2.45) is 0 Å². The zero-order chi connectivity index (χ0) is 15.1. The molecule has 0 fully saturated rings. The number of anilines is 1. The van der Waals surface area contributed by atoms with Crippen LogP contribution in [-0.4, -0.2) is 48.8 Å². The summed E-state index contributed by atoms with van der Waals surface area (Å²) in [6.45, 7) is 3.38. The molecule has 0 aliphatic heterocycles. The third kappa shape index (κ3) is 4.50. The number of rotatable bonds is 6. The van der Waals surface area contributed by atoms with Crippen molar-refractivity contribution in [2.45, 2.75) is 6.92 Å². The van der Waals surface area contributed by atoms with Crippen LogP contribution in [0.4, 0.5) is 10.5 Å². The van der Waals surface area contributed by atoms with E-state index in [0.29, 0.717) is 29.9 Å². The van der Waals surface area contributed by atoms with Crippen molar-refractivity contribution < 1.29 is 19.4 Å². The molecule has 2 N–H and O–H groups in total. The second-order valence-electron chi connectivity index (χ2n) is 4.00. The summed E-state index contributed by atoms with van der Waals surface area (Å²) >= 11 is 3.25. The van der Waals surface area contributed by atoms with Gasteiger partial charge in [-0.3, -0.25) is 0 Å². The van der Waals surface area contributed by atoms with Crippen molar-refractivity contribution in [3.8, 4) is 0 Å². The molecule has 0 spiro atoms. The number of hydrogen-bond donors (Lipinski definition) is 2. The van der Waals surface area contributed by atoms with Gasteiger partial charge in [-0.15, -0.1) is 0 Å². The number of carboxylic acids is 1. The molecule has 0 saturated heterocycles. The molecule has 0 aliphatic carbocycles. The first-order chi connectivity index (χ1) is 9.49. The van der Waals surface area contributed by atoms with Gasteiger partial charge < -0.3 is 20.1 Å². The fraction of sp³-hybridized carbons (Fsp3) is 0.385. The first kappa shape index (κ1) is 16.5. The Morgan fingerprint density at radius 2 is 2.15 bits per heavy atom. The van der Waals surface area contributed by atoms with Gasteiger partial charge in [0.25, 0.3) is 0 Å². The van der Waals surface area contributed by atoms with Gasteiger partial charge in [-0.05, 0) is 41.1 Å². The highest BCUT2D eigenvalue weighted by Gasteiger charge is 2.13. The molecule has 0 atom stereocenters. The molecule has 1 aromatic rings. The van der Waals surface area contributed by atoms with E-state index in [9.17, 15) is 9.59 Å². The number of hydrogen-bond acceptors (Lipinski definition) is 3. The van der Waals surface area contributed by atoms with Gasteiger partial charge in [0.15, 0.2) is 0 Å². The molecule has 7 heteroatoms. The van der Waals surface area contributed by atoms with Crippen LogP contribution in [0.15, 0.2) is 22.7 Å². The fourth-order valence-electron chi connectivity index (χ4n) is 1.55. The lowest BCUT2D eigenvalue weighted by molar-refractivity contribution is 0.0697. The molecule has 0 unspecified atom stereocenters. The molecule has 0 aliphatic rings. The lowest BCUT2D eigenvalue weighted by Crippen LogP contribution is -2.37. The zero-order valence-corrected chi connectivity index (χ0v) is 12.9. The van der Waals surface area contributed by atoms with Crippen LogP contribution >= 0.6 is 15.9 Å². The van der Waals surface area contributed by atoms with E-state index < -0.39 is 5.97 Å². The van der Waals surface area contributed by atoms with Crippen LogP contribution < -0.4 is 5.32 Å². The third-order valence-corrected chi connectivity index (χ3v) is 3.35. The van der Waals surface area contributed by atoms with E-state index in [4.69, 9.17) is 9.84 Å². The van der Waals surface area contributed by atoms with Gasteiger partial charge in [-0.1, -0.05) is 0 Å². The molecule has 110 valence electrons. The summed E-state index contributed by atoms with van der Waals surface area (Å²) in [4.78, 5) is 24.5. The summed E-state index contributed by atoms with van der Waals surface area (Å²) in [6, 6.07) is 4.18. The number of halogens is 1. The van der Waals surface area contributed by atoms with E-state index in [1.54, 1.807) is 18.1 Å². The number of nitrogens with one attached hydrogen (secondary N) is 1. The predicted octanol–water partition coefficient (Wildman–Crippen LogP) is 2.65. The lowest BCUT2D eigenvalue weighted by Gasteiger charge is -2.21. The highest BCUT2D eigenvalue weighted by molar-refractivity contribution is 9.10. The second-order valence-corrected chi connectivity index (χ2v) is 4.86. The van der Waals surface area contributed by atoms with Crippen molar-refractivity contribution >= 4 is 33.6 Å². The zero-order valence-electron chi connectivity index (χ0n) is 11.4. The van der Waals surface area contributed by atoms with Gasteiger partial charge >= 0.3 is 12.0 Å². The van der Waals surface area contributed by atoms with Crippen LogP contribution in [0.25, 0.3) is 0 Å². The first-order valence-electron chi connectivity index (χ1n) is 6.07. The normalized spacial score (nSPS) is 10.2. The molecule has 20 heavy (non-hydrogen) atoms. The Morgan fingerprint density at radius 3 is 2.65 bits per heavy atom. The van der Waals surface area contributed by atoms with Crippen molar-refractivity contribution in [1.82, 2.24) is 4.90 Å². The van der Waals surface area contributed by atoms with Gasteiger partial charge in [0, 0.05) is 24.7 Å². The van der Waals surface area contributed by atoms with Crippen LogP contribution in [-0.2, 0) is 4.74 Å². The van der Waals surface area contributed by atoms with Crippen molar-refractivity contribution in [3.63, 3.8) is 0 Å². The average molecular weight is 345 g/mol. The summed E-state index contributed by atoms with van der Waals surface area (Å²) in [7, 11) is 1.58. The highest BCUT2D eigenvalue weighted by atomic mass is 79.9.